The van der Waals surface area contributed by atoms with Crippen LogP contribution in [0.1, 0.15) is 45.6 Å². The molecule has 0 aliphatic rings. The number of hydrogen-bond acceptors (Lipinski definition) is 3. The fourth-order valence-corrected chi connectivity index (χ4v) is 3.00. The highest BCUT2D eigenvalue weighted by atomic mass is 127. The molecule has 4 N–H and O–H groups in total. The van der Waals surface area contributed by atoms with Gasteiger partial charge in [-0.15, -0.1) is 24.0 Å². The fourth-order valence-electron chi connectivity index (χ4n) is 2.27. The van der Waals surface area contributed by atoms with E-state index in [1.54, 1.807) is 24.3 Å². The second-order valence-electron chi connectivity index (χ2n) is 6.42. The zero-order valence-corrected chi connectivity index (χ0v) is 18.6. The van der Waals surface area contributed by atoms with Gasteiger partial charge in [0.15, 0.2) is 5.96 Å². The van der Waals surface area contributed by atoms with Crippen molar-refractivity contribution in [1.29, 1.82) is 0 Å². The summed E-state index contributed by atoms with van der Waals surface area (Å²) in [5.74, 6) is 1.14. The van der Waals surface area contributed by atoms with Crippen molar-refractivity contribution in [3.05, 3.63) is 29.8 Å². The summed E-state index contributed by atoms with van der Waals surface area (Å²) in [5, 5.41) is 3.19. The Labute approximate surface area is 169 Å². The summed E-state index contributed by atoms with van der Waals surface area (Å²) >= 11 is 0. The Hall–Kier alpha value is -0.870. The van der Waals surface area contributed by atoms with Crippen LogP contribution in [-0.2, 0) is 16.6 Å². The first-order chi connectivity index (χ1) is 11.2. The molecule has 1 aromatic carbocycles. The minimum Gasteiger partial charge on any atom is -0.370 e. The molecule has 0 aliphatic heterocycles. The lowest BCUT2D eigenvalue weighted by atomic mass is 10.0. The molecule has 144 valence electrons. The van der Waals surface area contributed by atoms with Crippen LogP contribution in [0, 0.1) is 5.92 Å². The van der Waals surface area contributed by atoms with Gasteiger partial charge in [0.05, 0.1) is 11.4 Å². The molecule has 0 spiro atoms. The molecule has 0 heterocycles. The standard InChI is InChI=1S/C17H30N4O2S.HI/c1-13(2)6-5-7-14(3)21-17(18)20-12-15-8-10-16(11-9-15)24(22,23)19-4;/h8-11,13-14,19H,5-7,12H2,1-4H3,(H3,18,20,21);1H. The van der Waals surface area contributed by atoms with Crippen LogP contribution in [0.2, 0.25) is 0 Å². The van der Waals surface area contributed by atoms with E-state index in [0.29, 0.717) is 12.5 Å². The SMILES string of the molecule is CNS(=O)(=O)c1ccc(CN=C(N)NC(C)CCCC(C)C)cc1.I. The predicted octanol–water partition coefficient (Wildman–Crippen LogP) is 2.83. The molecule has 8 heteroatoms. The molecule has 25 heavy (non-hydrogen) atoms. The number of hydrogen-bond donors (Lipinski definition) is 3. The molecule has 0 aliphatic carbocycles. The van der Waals surface area contributed by atoms with E-state index in [9.17, 15) is 8.42 Å². The molecule has 0 radical (unpaired) electrons. The van der Waals surface area contributed by atoms with Crippen molar-refractivity contribution in [2.24, 2.45) is 16.6 Å². The quantitative estimate of drug-likeness (QED) is 0.287. The summed E-state index contributed by atoms with van der Waals surface area (Å²) in [7, 11) is -2.01. The van der Waals surface area contributed by atoms with E-state index >= 15 is 0 Å². The molecule has 6 nitrogen and oxygen atoms in total. The summed E-state index contributed by atoms with van der Waals surface area (Å²) in [6, 6.07) is 6.90. The number of nitrogens with zero attached hydrogens (tertiary/aromatic N) is 1. The number of benzene rings is 1. The number of halogens is 1. The zero-order valence-electron chi connectivity index (χ0n) is 15.5. The van der Waals surface area contributed by atoms with Gasteiger partial charge in [-0.05, 0) is 44.0 Å². The molecule has 0 bridgehead atoms. The number of aliphatic imine (C=N–C) groups is 1. The van der Waals surface area contributed by atoms with Crippen molar-refractivity contribution < 1.29 is 8.42 Å². The topological polar surface area (TPSA) is 96.6 Å². The van der Waals surface area contributed by atoms with Gasteiger partial charge in [-0.1, -0.05) is 38.8 Å². The van der Waals surface area contributed by atoms with Gasteiger partial charge >= 0.3 is 0 Å². The largest absolute Gasteiger partial charge is 0.370 e. The monoisotopic (exact) mass is 482 g/mol. The average molecular weight is 482 g/mol. The molecule has 0 saturated heterocycles. The maximum absolute atomic E-state index is 11.7. The summed E-state index contributed by atoms with van der Waals surface area (Å²) in [6.07, 6.45) is 3.44. The van der Waals surface area contributed by atoms with Crippen molar-refractivity contribution in [2.45, 2.75) is 57.5 Å². The van der Waals surface area contributed by atoms with Gasteiger partial charge in [-0.3, -0.25) is 0 Å². The Morgan fingerprint density at radius 1 is 1.16 bits per heavy atom. The van der Waals surface area contributed by atoms with E-state index in [4.69, 9.17) is 5.73 Å². The van der Waals surface area contributed by atoms with Crippen molar-refractivity contribution in [3.8, 4) is 0 Å². The maximum Gasteiger partial charge on any atom is 0.240 e. The number of nitrogens with one attached hydrogen (secondary N) is 2. The van der Waals surface area contributed by atoms with Gasteiger partial charge < -0.3 is 11.1 Å². The first-order valence-electron chi connectivity index (χ1n) is 8.33. The number of guanidine groups is 1. The molecule has 0 saturated carbocycles. The summed E-state index contributed by atoms with van der Waals surface area (Å²) in [6.45, 7) is 6.96. The molecular formula is C17H31IN4O2S. The minimum atomic E-state index is -3.40. The first-order valence-corrected chi connectivity index (χ1v) is 9.82. The van der Waals surface area contributed by atoms with E-state index in [1.807, 2.05) is 0 Å². The highest BCUT2D eigenvalue weighted by molar-refractivity contribution is 14.0. The third kappa shape index (κ3) is 9.41. The zero-order chi connectivity index (χ0) is 18.2. The van der Waals surface area contributed by atoms with Crippen LogP contribution < -0.4 is 15.8 Å². The summed E-state index contributed by atoms with van der Waals surface area (Å²) in [4.78, 5) is 4.55. The van der Waals surface area contributed by atoms with Crippen molar-refractivity contribution >= 4 is 40.0 Å². The van der Waals surface area contributed by atoms with Crippen molar-refractivity contribution in [2.75, 3.05) is 7.05 Å². The number of sulfonamides is 1. The van der Waals surface area contributed by atoms with E-state index in [1.165, 1.54) is 19.9 Å². The lowest BCUT2D eigenvalue weighted by molar-refractivity contribution is 0.493. The third-order valence-corrected chi connectivity index (χ3v) is 5.18. The van der Waals surface area contributed by atoms with E-state index < -0.39 is 10.0 Å². The normalized spacial score (nSPS) is 13.4. The minimum absolute atomic E-state index is 0. The third-order valence-electron chi connectivity index (χ3n) is 3.75. The smallest absolute Gasteiger partial charge is 0.240 e. The first kappa shape index (κ1) is 24.1. The molecule has 1 unspecified atom stereocenters. The van der Waals surface area contributed by atoms with Crippen molar-refractivity contribution in [1.82, 2.24) is 10.0 Å². The molecule has 0 amide bonds. The van der Waals surface area contributed by atoms with Crippen LogP contribution in [0.4, 0.5) is 0 Å². The van der Waals surface area contributed by atoms with Crippen LogP contribution in [0.15, 0.2) is 34.2 Å². The summed E-state index contributed by atoms with van der Waals surface area (Å²) < 4.78 is 25.6. The maximum atomic E-state index is 11.7. The van der Waals surface area contributed by atoms with Crippen LogP contribution in [-0.4, -0.2) is 27.5 Å². The Kier molecular flexibility index (Phi) is 11.3. The average Bonchev–Trinajstić information content (AvgIpc) is 2.53. The van der Waals surface area contributed by atoms with Gasteiger partial charge in [0, 0.05) is 6.04 Å². The van der Waals surface area contributed by atoms with Crippen LogP contribution in [0.25, 0.3) is 0 Å². The molecule has 1 aromatic rings. The molecule has 0 fully saturated rings. The van der Waals surface area contributed by atoms with Gasteiger partial charge in [-0.2, -0.15) is 0 Å². The Morgan fingerprint density at radius 2 is 1.76 bits per heavy atom. The molecule has 1 rings (SSSR count). The van der Waals surface area contributed by atoms with E-state index in [-0.39, 0.29) is 34.9 Å². The Bertz CT molecular complexity index is 631. The van der Waals surface area contributed by atoms with Crippen LogP contribution in [0.5, 0.6) is 0 Å². The predicted molar refractivity (Wildman–Crippen MR) is 115 cm³/mol. The fraction of sp³-hybridized carbons (Fsp3) is 0.588. The highest BCUT2D eigenvalue weighted by Crippen LogP contribution is 2.11. The summed E-state index contributed by atoms with van der Waals surface area (Å²) in [5.41, 5.74) is 6.81. The molecular weight excluding hydrogens is 451 g/mol. The Morgan fingerprint density at radius 3 is 2.28 bits per heavy atom. The van der Waals surface area contributed by atoms with E-state index in [0.717, 1.165) is 17.9 Å². The second kappa shape index (κ2) is 11.7. The van der Waals surface area contributed by atoms with Crippen LogP contribution >= 0.6 is 24.0 Å². The van der Waals surface area contributed by atoms with Crippen molar-refractivity contribution in [3.63, 3.8) is 0 Å². The Balaban J connectivity index is 0.00000576. The number of rotatable bonds is 9. The molecule has 1 atom stereocenters. The van der Waals surface area contributed by atoms with Gasteiger partial charge in [-0.25, -0.2) is 18.1 Å². The second-order valence-corrected chi connectivity index (χ2v) is 8.31. The lowest BCUT2D eigenvalue weighted by Crippen LogP contribution is -2.38. The van der Waals surface area contributed by atoms with E-state index in [2.05, 4.69) is 35.8 Å². The number of nitrogens with two attached hydrogens (primary N) is 1. The lowest BCUT2D eigenvalue weighted by Gasteiger charge is -2.15. The highest BCUT2D eigenvalue weighted by Gasteiger charge is 2.10. The van der Waals surface area contributed by atoms with Gasteiger partial charge in [0.1, 0.15) is 0 Å². The van der Waals surface area contributed by atoms with Crippen LogP contribution in [0.3, 0.4) is 0 Å². The molecule has 0 aromatic heterocycles. The van der Waals surface area contributed by atoms with Gasteiger partial charge in [0.2, 0.25) is 10.0 Å². The van der Waals surface area contributed by atoms with Gasteiger partial charge in [0.25, 0.3) is 0 Å².